The average molecular weight is 380 g/mol. The van der Waals surface area contributed by atoms with Gasteiger partial charge in [0.05, 0.1) is 12.0 Å². The second kappa shape index (κ2) is 6.86. The fourth-order valence-electron chi connectivity index (χ4n) is 2.53. The molecule has 0 fully saturated rings. The van der Waals surface area contributed by atoms with Crippen molar-refractivity contribution in [2.75, 3.05) is 6.61 Å². The van der Waals surface area contributed by atoms with Gasteiger partial charge in [0, 0.05) is 5.56 Å². The van der Waals surface area contributed by atoms with Crippen molar-refractivity contribution in [3.8, 4) is 23.0 Å². The van der Waals surface area contributed by atoms with Crippen LogP contribution in [0.2, 0.25) is 0 Å². The zero-order chi connectivity index (χ0) is 19.8. The van der Waals surface area contributed by atoms with Crippen molar-refractivity contribution in [1.82, 2.24) is 0 Å². The van der Waals surface area contributed by atoms with Crippen LogP contribution in [0, 0.1) is 6.92 Å². The first-order valence-corrected chi connectivity index (χ1v) is 7.99. The predicted octanol–water partition coefficient (Wildman–Crippen LogP) is 5.02. The van der Waals surface area contributed by atoms with Crippen molar-refractivity contribution in [3.05, 3.63) is 57.9 Å². The van der Waals surface area contributed by atoms with E-state index in [-0.39, 0.29) is 28.0 Å². The summed E-state index contributed by atoms with van der Waals surface area (Å²) in [6.45, 7) is 3.58. The Bertz CT molecular complexity index is 1040. The van der Waals surface area contributed by atoms with Crippen molar-refractivity contribution in [3.63, 3.8) is 0 Å². The number of benzene rings is 2. The number of phenols is 1. The Morgan fingerprint density at radius 3 is 2.30 bits per heavy atom. The summed E-state index contributed by atoms with van der Waals surface area (Å²) in [4.78, 5) is 12.6. The zero-order valence-corrected chi connectivity index (χ0v) is 14.4. The number of aryl methyl sites for hydroxylation is 1. The van der Waals surface area contributed by atoms with Crippen molar-refractivity contribution < 1.29 is 32.2 Å². The summed E-state index contributed by atoms with van der Waals surface area (Å²) >= 11 is 0. The molecule has 8 heteroatoms. The summed E-state index contributed by atoms with van der Waals surface area (Å²) < 4.78 is 55.8. The Hall–Kier alpha value is -3.16. The Kier molecular flexibility index (Phi) is 4.73. The third-order valence-electron chi connectivity index (χ3n) is 3.85. The molecule has 142 valence electrons. The lowest BCUT2D eigenvalue weighted by Crippen LogP contribution is -2.15. The maximum Gasteiger partial charge on any atom is 0.453 e. The fraction of sp³-hybridized carbons (Fsp3) is 0.211. The Morgan fingerprint density at radius 2 is 1.70 bits per heavy atom. The van der Waals surface area contributed by atoms with Gasteiger partial charge < -0.3 is 19.0 Å². The van der Waals surface area contributed by atoms with Crippen molar-refractivity contribution in [2.45, 2.75) is 20.0 Å². The standard InChI is InChI=1S/C19H15F3O5/c1-3-25-11-4-6-12(7-5-11)26-17-15(24)13-8-9-14(23)10(2)16(13)27-18(17)19(20,21)22/h4-9,23H,3H2,1-2H3. The molecule has 3 aromatic rings. The second-order valence-corrected chi connectivity index (χ2v) is 5.68. The molecule has 1 N–H and O–H groups in total. The van der Waals surface area contributed by atoms with Gasteiger partial charge in [0.15, 0.2) is 0 Å². The molecule has 0 bridgehead atoms. The van der Waals surface area contributed by atoms with Crippen molar-refractivity contribution >= 4 is 11.0 Å². The van der Waals surface area contributed by atoms with E-state index in [9.17, 15) is 23.1 Å². The SMILES string of the molecule is CCOc1ccc(Oc2c(C(F)(F)F)oc3c(C)c(O)ccc3c2=O)cc1. The van der Waals surface area contributed by atoms with Gasteiger partial charge in [-0.15, -0.1) is 0 Å². The molecule has 0 spiro atoms. The first-order chi connectivity index (χ1) is 12.7. The van der Waals surface area contributed by atoms with Gasteiger partial charge in [0.2, 0.25) is 11.2 Å². The number of rotatable bonds is 4. The van der Waals surface area contributed by atoms with E-state index in [1.54, 1.807) is 6.92 Å². The molecule has 5 nitrogen and oxygen atoms in total. The number of phenolic OH excluding ortho intramolecular Hbond substituents is 1. The minimum absolute atomic E-state index is 0.0195. The molecule has 0 aliphatic rings. The number of halogens is 3. The highest BCUT2D eigenvalue weighted by Crippen LogP contribution is 2.39. The van der Waals surface area contributed by atoms with E-state index in [2.05, 4.69) is 0 Å². The van der Waals surface area contributed by atoms with E-state index in [4.69, 9.17) is 13.9 Å². The minimum Gasteiger partial charge on any atom is -0.508 e. The van der Waals surface area contributed by atoms with Gasteiger partial charge in [-0.2, -0.15) is 13.2 Å². The predicted molar refractivity (Wildman–Crippen MR) is 91.6 cm³/mol. The number of alkyl halides is 3. The molecule has 0 radical (unpaired) electrons. The zero-order valence-electron chi connectivity index (χ0n) is 14.4. The third-order valence-corrected chi connectivity index (χ3v) is 3.85. The molecule has 27 heavy (non-hydrogen) atoms. The molecule has 0 aliphatic carbocycles. The average Bonchev–Trinajstić information content (AvgIpc) is 2.61. The molecule has 0 aliphatic heterocycles. The van der Waals surface area contributed by atoms with Crippen molar-refractivity contribution in [2.24, 2.45) is 0 Å². The summed E-state index contributed by atoms with van der Waals surface area (Å²) in [6.07, 6.45) is -4.97. The van der Waals surface area contributed by atoms with E-state index in [1.807, 2.05) is 0 Å². The van der Waals surface area contributed by atoms with Crippen LogP contribution in [0.4, 0.5) is 13.2 Å². The van der Waals surface area contributed by atoms with Gasteiger partial charge >= 0.3 is 6.18 Å². The van der Waals surface area contributed by atoms with Crippen LogP contribution in [0.3, 0.4) is 0 Å². The molecule has 0 saturated heterocycles. The summed E-state index contributed by atoms with van der Waals surface area (Å²) in [5.74, 6) is -2.28. The van der Waals surface area contributed by atoms with Crippen LogP contribution in [0.25, 0.3) is 11.0 Å². The molecule has 2 aromatic carbocycles. The number of fused-ring (bicyclic) bond motifs is 1. The Morgan fingerprint density at radius 1 is 1.07 bits per heavy atom. The monoisotopic (exact) mass is 380 g/mol. The number of ether oxygens (including phenoxy) is 2. The first-order valence-electron chi connectivity index (χ1n) is 7.99. The van der Waals surface area contributed by atoms with Gasteiger partial charge in [-0.3, -0.25) is 4.79 Å². The first kappa shape index (κ1) is 18.6. The normalized spacial score (nSPS) is 11.6. The third kappa shape index (κ3) is 3.55. The van der Waals surface area contributed by atoms with Crippen LogP contribution < -0.4 is 14.9 Å². The van der Waals surface area contributed by atoms with Crippen LogP contribution >= 0.6 is 0 Å². The number of aromatic hydroxyl groups is 1. The van der Waals surface area contributed by atoms with E-state index >= 15 is 0 Å². The van der Waals surface area contributed by atoms with E-state index < -0.39 is 23.1 Å². The second-order valence-electron chi connectivity index (χ2n) is 5.68. The Balaban J connectivity index is 2.17. The molecule has 0 amide bonds. The van der Waals surface area contributed by atoms with Crippen LogP contribution in [-0.2, 0) is 6.18 Å². The molecule has 0 saturated carbocycles. The molecule has 3 rings (SSSR count). The van der Waals surface area contributed by atoms with E-state index in [0.29, 0.717) is 12.4 Å². The quantitative estimate of drug-likeness (QED) is 0.689. The van der Waals surface area contributed by atoms with E-state index in [0.717, 1.165) is 0 Å². The molecule has 1 aromatic heterocycles. The highest BCUT2D eigenvalue weighted by Gasteiger charge is 2.40. The van der Waals surface area contributed by atoms with Gasteiger partial charge in [0.1, 0.15) is 22.8 Å². The summed E-state index contributed by atoms with van der Waals surface area (Å²) in [7, 11) is 0. The fourth-order valence-corrected chi connectivity index (χ4v) is 2.53. The van der Waals surface area contributed by atoms with Crippen LogP contribution in [0.15, 0.2) is 45.6 Å². The molecule has 0 atom stereocenters. The maximum absolute atomic E-state index is 13.5. The highest BCUT2D eigenvalue weighted by atomic mass is 19.4. The van der Waals surface area contributed by atoms with Crippen LogP contribution in [-0.4, -0.2) is 11.7 Å². The van der Waals surface area contributed by atoms with Crippen LogP contribution in [0.1, 0.15) is 18.2 Å². The minimum atomic E-state index is -4.97. The molecule has 0 unspecified atom stereocenters. The smallest absolute Gasteiger partial charge is 0.453 e. The number of hydrogen-bond donors (Lipinski definition) is 1. The van der Waals surface area contributed by atoms with E-state index in [1.165, 1.54) is 43.3 Å². The molecular formula is C19H15F3O5. The Labute approximate surface area is 151 Å². The van der Waals surface area contributed by atoms with Gasteiger partial charge in [0.25, 0.3) is 5.76 Å². The summed E-state index contributed by atoms with van der Waals surface area (Å²) in [6, 6.07) is 8.19. The summed E-state index contributed by atoms with van der Waals surface area (Å²) in [5, 5.41) is 9.56. The lowest BCUT2D eigenvalue weighted by molar-refractivity contribution is -0.154. The van der Waals surface area contributed by atoms with Gasteiger partial charge in [-0.05, 0) is 50.2 Å². The van der Waals surface area contributed by atoms with Gasteiger partial charge in [-0.25, -0.2) is 0 Å². The lowest BCUT2D eigenvalue weighted by atomic mass is 10.1. The topological polar surface area (TPSA) is 68.9 Å². The lowest BCUT2D eigenvalue weighted by Gasteiger charge is -2.14. The summed E-state index contributed by atoms with van der Waals surface area (Å²) in [5.41, 5.74) is -1.30. The molecular weight excluding hydrogens is 365 g/mol. The number of hydrogen-bond acceptors (Lipinski definition) is 5. The van der Waals surface area contributed by atoms with Crippen molar-refractivity contribution in [1.29, 1.82) is 0 Å². The highest BCUT2D eigenvalue weighted by molar-refractivity contribution is 5.83. The maximum atomic E-state index is 13.5. The van der Waals surface area contributed by atoms with Crippen LogP contribution in [0.5, 0.6) is 23.0 Å². The van der Waals surface area contributed by atoms with Gasteiger partial charge in [-0.1, -0.05) is 0 Å². The largest absolute Gasteiger partial charge is 0.508 e. The molecule has 1 heterocycles.